The number of carbonyl (C=O) groups excluding carboxylic acids is 2. The predicted octanol–water partition coefficient (Wildman–Crippen LogP) is 2.82. The predicted molar refractivity (Wildman–Crippen MR) is 112 cm³/mol. The maximum absolute atomic E-state index is 13.2. The van der Waals surface area contributed by atoms with Gasteiger partial charge in [0.25, 0.3) is 5.91 Å². The van der Waals surface area contributed by atoms with Crippen molar-refractivity contribution in [3.8, 4) is 5.75 Å². The molecule has 0 unspecified atom stereocenters. The molecule has 1 aliphatic rings. The highest BCUT2D eigenvalue weighted by Crippen LogP contribution is 2.33. The van der Waals surface area contributed by atoms with E-state index in [2.05, 4.69) is 5.32 Å². The molecular weight excluding hydrogens is 384 g/mol. The molecule has 3 amide bonds. The van der Waals surface area contributed by atoms with Crippen LogP contribution < -0.4 is 10.1 Å². The van der Waals surface area contributed by atoms with Gasteiger partial charge in [-0.2, -0.15) is 0 Å². The number of β-amino-alcohol motifs (C(OH)–C–C–N with tert-alkyl or cyclic N) is 1. The summed E-state index contributed by atoms with van der Waals surface area (Å²) >= 11 is 0. The third kappa shape index (κ3) is 4.63. The normalized spacial score (nSPS) is 19.6. The number of nitrogens with one attached hydrogen (secondary N) is 1. The van der Waals surface area contributed by atoms with E-state index in [1.165, 1.54) is 0 Å². The summed E-state index contributed by atoms with van der Waals surface area (Å²) in [7, 11) is 1.60. The van der Waals surface area contributed by atoms with Crippen molar-refractivity contribution in [2.45, 2.75) is 38.0 Å². The van der Waals surface area contributed by atoms with E-state index in [9.17, 15) is 14.7 Å². The van der Waals surface area contributed by atoms with Gasteiger partial charge in [-0.05, 0) is 29.7 Å². The topological polar surface area (TPSA) is 88.1 Å². The highest BCUT2D eigenvalue weighted by Gasteiger charge is 2.51. The summed E-state index contributed by atoms with van der Waals surface area (Å²) in [6.45, 7) is 2.17. The van der Waals surface area contributed by atoms with Gasteiger partial charge < -0.3 is 19.9 Å². The minimum Gasteiger partial charge on any atom is -0.497 e. The van der Waals surface area contributed by atoms with Gasteiger partial charge in [0.15, 0.2) is 0 Å². The molecule has 7 nitrogen and oxygen atoms in total. The van der Waals surface area contributed by atoms with Crippen LogP contribution in [0.5, 0.6) is 5.75 Å². The van der Waals surface area contributed by atoms with Crippen molar-refractivity contribution in [3.05, 3.63) is 65.7 Å². The molecule has 30 heavy (non-hydrogen) atoms. The molecule has 3 rings (SSSR count). The van der Waals surface area contributed by atoms with Crippen LogP contribution in [0.2, 0.25) is 0 Å². The summed E-state index contributed by atoms with van der Waals surface area (Å²) in [6, 6.07) is 16.2. The molecule has 0 saturated carbocycles. The number of imide groups is 1. The second kappa shape index (κ2) is 9.73. The zero-order chi connectivity index (χ0) is 21.6. The highest BCUT2D eigenvalue weighted by atomic mass is 16.5. The number of urea groups is 1. The quantitative estimate of drug-likeness (QED) is 0.586. The second-order valence-electron chi connectivity index (χ2n) is 7.38. The minimum atomic E-state index is -1.09. The Balaban J connectivity index is 1.60. The summed E-state index contributed by atoms with van der Waals surface area (Å²) in [4.78, 5) is 26.9. The van der Waals surface area contributed by atoms with Gasteiger partial charge in [-0.3, -0.25) is 9.69 Å². The van der Waals surface area contributed by atoms with Gasteiger partial charge in [-0.1, -0.05) is 55.8 Å². The molecule has 1 fully saturated rings. The average molecular weight is 412 g/mol. The average Bonchev–Trinajstić information content (AvgIpc) is 3.00. The smallest absolute Gasteiger partial charge is 0.325 e. The van der Waals surface area contributed by atoms with Gasteiger partial charge >= 0.3 is 6.03 Å². The van der Waals surface area contributed by atoms with Gasteiger partial charge in [0.2, 0.25) is 0 Å². The van der Waals surface area contributed by atoms with Gasteiger partial charge in [-0.25, -0.2) is 4.79 Å². The molecule has 0 aromatic heterocycles. The first-order chi connectivity index (χ1) is 14.5. The summed E-state index contributed by atoms with van der Waals surface area (Å²) in [6.07, 6.45) is 0.232. The highest BCUT2D eigenvalue weighted by molar-refractivity contribution is 6.07. The summed E-state index contributed by atoms with van der Waals surface area (Å²) in [5, 5.41) is 13.2. The molecule has 7 heteroatoms. The lowest BCUT2D eigenvalue weighted by atomic mass is 9.85. The molecule has 160 valence electrons. The standard InChI is InChI=1S/C23H28N2O5/c1-3-13-23(18-7-5-4-6-8-18)21(27)25(22(28)24-23)14-19(26)16-30-15-17-9-11-20(29-2)12-10-17/h4-12,19,26H,3,13-16H2,1-2H3,(H,24,28)/t19-,23+/m0/s1. The number of hydrogen-bond donors (Lipinski definition) is 2. The molecular formula is C23H28N2O5. The number of carbonyl (C=O) groups is 2. The Morgan fingerprint density at radius 3 is 2.43 bits per heavy atom. The van der Waals surface area contributed by atoms with E-state index in [4.69, 9.17) is 9.47 Å². The van der Waals surface area contributed by atoms with Crippen molar-refractivity contribution in [2.24, 2.45) is 0 Å². The third-order valence-corrected chi connectivity index (χ3v) is 5.20. The number of hydrogen-bond acceptors (Lipinski definition) is 5. The SMILES string of the molecule is CCC[C@]1(c2ccccc2)NC(=O)N(C[C@H](O)COCc2ccc(OC)cc2)C1=O. The Kier molecular flexibility index (Phi) is 7.07. The molecule has 2 atom stereocenters. The number of nitrogens with zero attached hydrogens (tertiary/aromatic N) is 1. The van der Waals surface area contributed by atoms with E-state index in [0.29, 0.717) is 13.0 Å². The van der Waals surface area contributed by atoms with E-state index in [0.717, 1.165) is 28.2 Å². The molecule has 1 aliphatic heterocycles. The number of benzene rings is 2. The lowest BCUT2D eigenvalue weighted by Crippen LogP contribution is -2.44. The Bertz CT molecular complexity index is 856. The molecule has 2 aromatic rings. The fourth-order valence-corrected chi connectivity index (χ4v) is 3.70. The Labute approximate surface area is 176 Å². The van der Waals surface area contributed by atoms with Gasteiger partial charge in [0.05, 0.1) is 33.0 Å². The lowest BCUT2D eigenvalue weighted by molar-refractivity contribution is -0.133. The molecule has 2 aromatic carbocycles. The maximum atomic E-state index is 13.2. The van der Waals surface area contributed by atoms with Crippen molar-refractivity contribution < 1.29 is 24.2 Å². The van der Waals surface area contributed by atoms with E-state index in [-0.39, 0.29) is 19.1 Å². The number of aliphatic hydroxyl groups is 1. The largest absolute Gasteiger partial charge is 0.497 e. The number of amides is 3. The Morgan fingerprint density at radius 2 is 1.80 bits per heavy atom. The van der Waals surface area contributed by atoms with Crippen molar-refractivity contribution in [2.75, 3.05) is 20.3 Å². The number of aliphatic hydroxyl groups excluding tert-OH is 1. The van der Waals surface area contributed by atoms with Gasteiger partial charge in [0.1, 0.15) is 11.3 Å². The van der Waals surface area contributed by atoms with Gasteiger partial charge in [-0.15, -0.1) is 0 Å². The van der Waals surface area contributed by atoms with Crippen molar-refractivity contribution in [1.82, 2.24) is 10.2 Å². The third-order valence-electron chi connectivity index (χ3n) is 5.20. The van der Waals surface area contributed by atoms with Crippen LogP contribution in [0.15, 0.2) is 54.6 Å². The Hall–Kier alpha value is -2.90. The second-order valence-corrected chi connectivity index (χ2v) is 7.38. The van der Waals surface area contributed by atoms with Crippen LogP contribution in [-0.2, 0) is 21.7 Å². The number of methoxy groups -OCH3 is 1. The monoisotopic (exact) mass is 412 g/mol. The Morgan fingerprint density at radius 1 is 1.10 bits per heavy atom. The summed E-state index contributed by atoms with van der Waals surface area (Å²) in [5.74, 6) is 0.418. The first kappa shape index (κ1) is 21.8. The van der Waals surface area contributed by atoms with Crippen LogP contribution in [0.1, 0.15) is 30.9 Å². The van der Waals surface area contributed by atoms with E-state index in [1.807, 2.05) is 61.5 Å². The molecule has 1 saturated heterocycles. The number of ether oxygens (including phenoxy) is 2. The van der Waals surface area contributed by atoms with E-state index in [1.54, 1.807) is 7.11 Å². The maximum Gasteiger partial charge on any atom is 0.325 e. The minimum absolute atomic E-state index is 0.00913. The summed E-state index contributed by atoms with van der Waals surface area (Å²) in [5.41, 5.74) is 0.596. The van der Waals surface area contributed by atoms with Crippen LogP contribution in [0.25, 0.3) is 0 Å². The van der Waals surface area contributed by atoms with Crippen molar-refractivity contribution in [1.29, 1.82) is 0 Å². The summed E-state index contributed by atoms with van der Waals surface area (Å²) < 4.78 is 10.7. The van der Waals surface area contributed by atoms with Crippen LogP contribution in [-0.4, -0.2) is 48.3 Å². The fraction of sp³-hybridized carbons (Fsp3) is 0.391. The first-order valence-corrected chi connectivity index (χ1v) is 10.1. The zero-order valence-electron chi connectivity index (χ0n) is 17.3. The molecule has 0 bridgehead atoms. The zero-order valence-corrected chi connectivity index (χ0v) is 17.3. The van der Waals surface area contributed by atoms with E-state index >= 15 is 0 Å². The number of rotatable bonds is 10. The fourth-order valence-electron chi connectivity index (χ4n) is 3.70. The van der Waals surface area contributed by atoms with Crippen molar-refractivity contribution >= 4 is 11.9 Å². The van der Waals surface area contributed by atoms with Gasteiger partial charge in [0, 0.05) is 0 Å². The van der Waals surface area contributed by atoms with Crippen LogP contribution in [0, 0.1) is 0 Å². The molecule has 2 N–H and O–H groups in total. The molecule has 0 aliphatic carbocycles. The lowest BCUT2D eigenvalue weighted by Gasteiger charge is -2.27. The molecule has 1 heterocycles. The van der Waals surface area contributed by atoms with Crippen LogP contribution in [0.4, 0.5) is 4.79 Å². The van der Waals surface area contributed by atoms with E-state index < -0.39 is 17.7 Å². The molecule has 0 spiro atoms. The first-order valence-electron chi connectivity index (χ1n) is 10.1. The molecule has 0 radical (unpaired) electrons. The van der Waals surface area contributed by atoms with Crippen LogP contribution >= 0.6 is 0 Å². The van der Waals surface area contributed by atoms with Crippen LogP contribution in [0.3, 0.4) is 0 Å². The van der Waals surface area contributed by atoms with Crippen molar-refractivity contribution in [3.63, 3.8) is 0 Å².